The number of furan rings is 1. The molecule has 1 aromatic heterocycles. The number of benzene rings is 1. The molecule has 2 heterocycles. The summed E-state index contributed by atoms with van der Waals surface area (Å²) in [6.07, 6.45) is 1.38. The molecule has 0 saturated carbocycles. The molecule has 8 heteroatoms. The Morgan fingerprint density at radius 3 is 2.70 bits per heavy atom. The number of nitrogens with one attached hydrogen (secondary N) is 1. The monoisotopic (exact) mass is 373 g/mol. The molecule has 3 atom stereocenters. The summed E-state index contributed by atoms with van der Waals surface area (Å²) < 4.78 is 10.4. The number of carbonyl (C=O) groups excluding carboxylic acids is 2. The molecular weight excluding hydrogens is 352 g/mol. The third kappa shape index (κ3) is 3.23. The normalized spacial score (nSPS) is 23.3. The summed E-state index contributed by atoms with van der Waals surface area (Å²) in [6, 6.07) is 10.6. The smallest absolute Gasteiger partial charge is 0.322 e. The van der Waals surface area contributed by atoms with Gasteiger partial charge in [-0.3, -0.25) is 14.8 Å². The Morgan fingerprint density at radius 1 is 1.44 bits per heavy atom. The maximum absolute atomic E-state index is 13.0. The lowest BCUT2D eigenvalue weighted by Gasteiger charge is -2.38. The van der Waals surface area contributed by atoms with Gasteiger partial charge in [-0.15, -0.1) is 0 Å². The Hall–Kier alpha value is -2.68. The maximum atomic E-state index is 13.0. The van der Waals surface area contributed by atoms with Crippen LogP contribution in [-0.4, -0.2) is 42.5 Å². The van der Waals surface area contributed by atoms with Crippen molar-refractivity contribution in [3.8, 4) is 0 Å². The molecule has 1 aromatic carbocycles. The molecule has 27 heavy (non-hydrogen) atoms. The van der Waals surface area contributed by atoms with Crippen LogP contribution in [0.3, 0.4) is 0 Å². The highest BCUT2D eigenvalue weighted by molar-refractivity contribution is 6.06. The molecule has 1 aliphatic rings. The fraction of sp³-hybridized carbons (Fsp3) is 0.368. The highest BCUT2D eigenvalue weighted by Gasteiger charge is 2.63. The van der Waals surface area contributed by atoms with E-state index < -0.39 is 35.7 Å². The first-order chi connectivity index (χ1) is 12.9. The first kappa shape index (κ1) is 19.1. The molecule has 0 spiro atoms. The van der Waals surface area contributed by atoms with Gasteiger partial charge >= 0.3 is 5.97 Å². The Morgan fingerprint density at radius 2 is 2.15 bits per heavy atom. The predicted molar refractivity (Wildman–Crippen MR) is 94.7 cm³/mol. The highest BCUT2D eigenvalue weighted by Crippen LogP contribution is 2.51. The number of aryl methyl sites for hydroxylation is 1. The number of amides is 1. The van der Waals surface area contributed by atoms with E-state index in [9.17, 15) is 20.0 Å². The standard InChI is InChI=1S/C19H21N2O6/c1-12-5-7-13(8-6-12)14-10-20-17(22)19(14,18(23)26-2)15(11-21(24)25)16-4-3-9-27-16/h3-9,14-15,24H,10-11H2,1-2H3,(H,20,22)/q-1/t14-,15+,19+/m1/s1. The van der Waals surface area contributed by atoms with Gasteiger partial charge in [-0.25, -0.2) is 0 Å². The summed E-state index contributed by atoms with van der Waals surface area (Å²) >= 11 is 0. The summed E-state index contributed by atoms with van der Waals surface area (Å²) in [6.45, 7) is 1.60. The van der Waals surface area contributed by atoms with Crippen LogP contribution in [0.5, 0.6) is 0 Å². The van der Waals surface area contributed by atoms with Gasteiger partial charge in [0.05, 0.1) is 19.3 Å². The van der Waals surface area contributed by atoms with Gasteiger partial charge in [0.15, 0.2) is 5.41 Å². The number of rotatable bonds is 6. The zero-order valence-corrected chi connectivity index (χ0v) is 15.0. The Labute approximate surface area is 156 Å². The van der Waals surface area contributed by atoms with Crippen molar-refractivity contribution in [2.75, 3.05) is 20.2 Å². The number of hydrogen-bond donors (Lipinski definition) is 2. The summed E-state index contributed by atoms with van der Waals surface area (Å²) in [5.41, 5.74) is 0.0208. The van der Waals surface area contributed by atoms with Crippen LogP contribution < -0.4 is 5.32 Å². The van der Waals surface area contributed by atoms with Crippen molar-refractivity contribution in [1.82, 2.24) is 10.5 Å². The number of hydroxylamine groups is 2. The summed E-state index contributed by atoms with van der Waals surface area (Å²) in [5, 5.41) is 23.3. The molecule has 2 aromatic rings. The second-order valence-corrected chi connectivity index (χ2v) is 6.64. The molecule has 2 N–H and O–H groups in total. The van der Waals surface area contributed by atoms with Crippen molar-refractivity contribution >= 4 is 11.9 Å². The number of esters is 1. The summed E-state index contributed by atoms with van der Waals surface area (Å²) in [7, 11) is 1.19. The van der Waals surface area contributed by atoms with Crippen molar-refractivity contribution < 1.29 is 24.0 Å². The number of hydrogen-bond acceptors (Lipinski definition) is 7. The molecule has 144 valence electrons. The van der Waals surface area contributed by atoms with Crippen LogP contribution in [-0.2, 0) is 14.3 Å². The van der Waals surface area contributed by atoms with E-state index in [1.807, 2.05) is 31.2 Å². The average Bonchev–Trinajstić information content (AvgIpc) is 3.28. The van der Waals surface area contributed by atoms with E-state index in [0.717, 1.165) is 11.1 Å². The van der Waals surface area contributed by atoms with Crippen LogP contribution in [0.15, 0.2) is 47.1 Å². The number of ether oxygens (including phenoxy) is 1. The Balaban J connectivity index is 2.20. The minimum absolute atomic E-state index is 0.193. The lowest BCUT2D eigenvalue weighted by Crippen LogP contribution is -2.50. The van der Waals surface area contributed by atoms with E-state index in [2.05, 4.69) is 5.32 Å². The zero-order valence-electron chi connectivity index (χ0n) is 15.0. The molecule has 1 fully saturated rings. The Kier molecular flexibility index (Phi) is 5.31. The molecule has 1 saturated heterocycles. The van der Waals surface area contributed by atoms with Crippen molar-refractivity contribution in [1.29, 1.82) is 0 Å². The molecule has 1 amide bonds. The lowest BCUT2D eigenvalue weighted by molar-refractivity contribution is -0.162. The van der Waals surface area contributed by atoms with Crippen LogP contribution in [0.25, 0.3) is 0 Å². The van der Waals surface area contributed by atoms with E-state index in [1.165, 1.54) is 13.4 Å². The second kappa shape index (κ2) is 7.51. The van der Waals surface area contributed by atoms with Gasteiger partial charge in [-0.2, -0.15) is 0 Å². The van der Waals surface area contributed by atoms with Crippen LogP contribution >= 0.6 is 0 Å². The van der Waals surface area contributed by atoms with Gasteiger partial charge in [0.1, 0.15) is 5.76 Å². The molecule has 8 nitrogen and oxygen atoms in total. The van der Waals surface area contributed by atoms with Gasteiger partial charge in [0.25, 0.3) is 0 Å². The fourth-order valence-electron chi connectivity index (χ4n) is 3.89. The topological polar surface area (TPSA) is 115 Å². The van der Waals surface area contributed by atoms with Crippen molar-refractivity contribution in [2.45, 2.75) is 18.8 Å². The van der Waals surface area contributed by atoms with Crippen LogP contribution in [0.4, 0.5) is 0 Å². The number of nitrogens with zero attached hydrogens (tertiary/aromatic N) is 1. The van der Waals surface area contributed by atoms with Crippen molar-refractivity contribution in [2.24, 2.45) is 5.41 Å². The minimum Gasteiger partial charge on any atom is -0.762 e. The first-order valence-corrected chi connectivity index (χ1v) is 8.51. The lowest BCUT2D eigenvalue weighted by atomic mass is 9.64. The van der Waals surface area contributed by atoms with Gasteiger partial charge < -0.3 is 24.9 Å². The SMILES string of the molecule is COC(=O)[C@@]1([C@@H](CN([O-])O)c2ccco2)C(=O)NC[C@@H]1c1ccc(C)cc1. The fourth-order valence-corrected chi connectivity index (χ4v) is 3.89. The van der Waals surface area contributed by atoms with Crippen LogP contribution in [0.2, 0.25) is 0 Å². The van der Waals surface area contributed by atoms with E-state index in [0.29, 0.717) is 0 Å². The Bertz CT molecular complexity index is 802. The van der Waals surface area contributed by atoms with Gasteiger partial charge in [-0.1, -0.05) is 29.8 Å². The third-order valence-corrected chi connectivity index (χ3v) is 5.17. The number of methoxy groups -OCH3 is 1. The molecule has 0 radical (unpaired) electrons. The third-order valence-electron chi connectivity index (χ3n) is 5.17. The largest absolute Gasteiger partial charge is 0.762 e. The van der Waals surface area contributed by atoms with E-state index >= 15 is 0 Å². The predicted octanol–water partition coefficient (Wildman–Crippen LogP) is 1.93. The van der Waals surface area contributed by atoms with Gasteiger partial charge in [-0.05, 0) is 24.6 Å². The maximum Gasteiger partial charge on any atom is 0.322 e. The zero-order chi connectivity index (χ0) is 19.6. The number of carbonyl (C=O) groups is 2. The van der Waals surface area contributed by atoms with Crippen molar-refractivity contribution in [3.63, 3.8) is 0 Å². The second-order valence-electron chi connectivity index (χ2n) is 6.64. The molecule has 0 bridgehead atoms. The van der Waals surface area contributed by atoms with Gasteiger partial charge in [0, 0.05) is 19.0 Å². The van der Waals surface area contributed by atoms with E-state index in [4.69, 9.17) is 9.15 Å². The van der Waals surface area contributed by atoms with E-state index in [-0.39, 0.29) is 17.5 Å². The van der Waals surface area contributed by atoms with Gasteiger partial charge in [0.2, 0.25) is 5.91 Å². The molecule has 1 aliphatic heterocycles. The van der Waals surface area contributed by atoms with E-state index in [1.54, 1.807) is 12.1 Å². The summed E-state index contributed by atoms with van der Waals surface area (Å²) in [4.78, 5) is 26.0. The first-order valence-electron chi connectivity index (χ1n) is 8.51. The van der Waals surface area contributed by atoms with Crippen LogP contribution in [0.1, 0.15) is 28.7 Å². The average molecular weight is 373 g/mol. The summed E-state index contributed by atoms with van der Waals surface area (Å²) in [5.74, 6) is -2.76. The molecular formula is C19H21N2O6-. The van der Waals surface area contributed by atoms with Crippen molar-refractivity contribution in [3.05, 3.63) is 64.8 Å². The molecule has 0 unspecified atom stereocenters. The minimum atomic E-state index is -1.76. The molecule has 3 rings (SSSR count). The molecule has 0 aliphatic carbocycles. The van der Waals surface area contributed by atoms with Crippen LogP contribution in [0, 0.1) is 17.5 Å². The quantitative estimate of drug-likeness (QED) is 0.452. The highest BCUT2D eigenvalue weighted by atomic mass is 16.8.